The lowest BCUT2D eigenvalue weighted by Gasteiger charge is -2.26. The van der Waals surface area contributed by atoms with Crippen LogP contribution in [0.3, 0.4) is 0 Å². The summed E-state index contributed by atoms with van der Waals surface area (Å²) in [5.41, 5.74) is 2.69. The Balaban J connectivity index is 1.74. The maximum atomic E-state index is 5.40. The molecule has 0 bridgehead atoms. The van der Waals surface area contributed by atoms with Crippen LogP contribution in [0.25, 0.3) is 0 Å². The summed E-state index contributed by atoms with van der Waals surface area (Å²) in [6.07, 6.45) is 5.44. The van der Waals surface area contributed by atoms with Crippen molar-refractivity contribution in [3.63, 3.8) is 0 Å². The largest absolute Gasteiger partial charge is 0.338 e. The number of fused-ring (bicyclic) bond motifs is 1. The van der Waals surface area contributed by atoms with Crippen molar-refractivity contribution in [3.8, 4) is 0 Å². The number of nitrogens with one attached hydrogen (secondary N) is 1. The Morgan fingerprint density at radius 1 is 1.41 bits per heavy atom. The zero-order valence-corrected chi connectivity index (χ0v) is 13.8. The number of nitrogens with zero attached hydrogens (tertiary/aromatic N) is 4. The third kappa shape index (κ3) is 2.79. The second-order valence-electron chi connectivity index (χ2n) is 6.34. The van der Waals surface area contributed by atoms with Crippen LogP contribution in [0.1, 0.15) is 81.5 Å². The molecule has 2 aromatic heterocycles. The Morgan fingerprint density at radius 2 is 2.23 bits per heavy atom. The Hall–Kier alpha value is -1.69. The van der Waals surface area contributed by atoms with Gasteiger partial charge in [-0.3, -0.25) is 10.00 Å². The standard InChI is InChI=1S/C16H25N5O/c1-5-21-14-8-6-7-13(12(14)9-17-21)18-11(4)16-19-15(10(2)3)20-22-16/h9-11,13,18H,5-8H2,1-4H3/t11-,13+/m0/s1. The van der Waals surface area contributed by atoms with E-state index in [-0.39, 0.29) is 12.0 Å². The third-order valence-corrected chi connectivity index (χ3v) is 4.36. The molecular formula is C16H25N5O. The van der Waals surface area contributed by atoms with Gasteiger partial charge in [-0.05, 0) is 33.1 Å². The fourth-order valence-electron chi connectivity index (χ4n) is 3.10. The van der Waals surface area contributed by atoms with Gasteiger partial charge >= 0.3 is 0 Å². The van der Waals surface area contributed by atoms with Crippen molar-refractivity contribution in [2.45, 2.75) is 71.5 Å². The lowest BCUT2D eigenvalue weighted by molar-refractivity contribution is 0.311. The van der Waals surface area contributed by atoms with E-state index in [0.717, 1.165) is 25.2 Å². The first-order chi connectivity index (χ1) is 10.6. The summed E-state index contributed by atoms with van der Waals surface area (Å²) >= 11 is 0. The van der Waals surface area contributed by atoms with Gasteiger partial charge in [-0.25, -0.2) is 0 Å². The van der Waals surface area contributed by atoms with Crippen LogP contribution in [0, 0.1) is 0 Å². The normalized spacial score (nSPS) is 19.4. The molecule has 2 atom stereocenters. The lowest BCUT2D eigenvalue weighted by Crippen LogP contribution is -2.28. The minimum atomic E-state index is 0.0425. The van der Waals surface area contributed by atoms with Crippen LogP contribution >= 0.6 is 0 Å². The minimum absolute atomic E-state index is 0.0425. The van der Waals surface area contributed by atoms with Gasteiger partial charge < -0.3 is 4.52 Å². The summed E-state index contributed by atoms with van der Waals surface area (Å²) in [4.78, 5) is 4.49. The first-order valence-electron chi connectivity index (χ1n) is 8.24. The summed E-state index contributed by atoms with van der Waals surface area (Å²) in [6.45, 7) is 9.28. The fourth-order valence-corrected chi connectivity index (χ4v) is 3.10. The highest BCUT2D eigenvalue weighted by Gasteiger charge is 2.26. The van der Waals surface area contributed by atoms with Crippen molar-refractivity contribution in [1.29, 1.82) is 0 Å². The molecule has 22 heavy (non-hydrogen) atoms. The molecule has 0 saturated carbocycles. The summed E-state index contributed by atoms with van der Waals surface area (Å²) in [7, 11) is 0. The smallest absolute Gasteiger partial charge is 0.243 e. The molecule has 1 aliphatic rings. The first-order valence-corrected chi connectivity index (χ1v) is 8.24. The molecule has 3 rings (SSSR count). The molecule has 6 heteroatoms. The Morgan fingerprint density at radius 3 is 2.91 bits per heavy atom. The van der Waals surface area contributed by atoms with Gasteiger partial charge in [0.15, 0.2) is 5.82 Å². The van der Waals surface area contributed by atoms with Gasteiger partial charge in [0, 0.05) is 29.8 Å². The van der Waals surface area contributed by atoms with E-state index >= 15 is 0 Å². The summed E-state index contributed by atoms with van der Waals surface area (Å²) < 4.78 is 7.51. The average Bonchev–Trinajstić information content (AvgIpc) is 3.14. The van der Waals surface area contributed by atoms with E-state index < -0.39 is 0 Å². The van der Waals surface area contributed by atoms with E-state index in [1.807, 2.05) is 6.20 Å². The monoisotopic (exact) mass is 303 g/mol. The predicted octanol–water partition coefficient (Wildman–Crippen LogP) is 3.14. The topological polar surface area (TPSA) is 68.8 Å². The lowest BCUT2D eigenvalue weighted by atomic mass is 9.92. The highest BCUT2D eigenvalue weighted by Crippen LogP contribution is 2.31. The zero-order valence-electron chi connectivity index (χ0n) is 13.8. The van der Waals surface area contributed by atoms with Crippen LogP contribution in [-0.4, -0.2) is 19.9 Å². The van der Waals surface area contributed by atoms with Crippen LogP contribution in [-0.2, 0) is 13.0 Å². The van der Waals surface area contributed by atoms with Crippen LogP contribution in [0.5, 0.6) is 0 Å². The first kappa shape index (κ1) is 15.2. The average molecular weight is 303 g/mol. The van der Waals surface area contributed by atoms with Crippen LogP contribution in [0.2, 0.25) is 0 Å². The number of aromatic nitrogens is 4. The van der Waals surface area contributed by atoms with Crippen molar-refractivity contribution >= 4 is 0 Å². The molecular weight excluding hydrogens is 278 g/mol. The molecule has 0 saturated heterocycles. The molecule has 2 aromatic rings. The van der Waals surface area contributed by atoms with Gasteiger partial charge in [0.25, 0.3) is 0 Å². The van der Waals surface area contributed by atoms with Gasteiger partial charge in [0.2, 0.25) is 5.89 Å². The van der Waals surface area contributed by atoms with E-state index in [4.69, 9.17) is 4.52 Å². The van der Waals surface area contributed by atoms with Gasteiger partial charge in [0.1, 0.15) is 0 Å². The van der Waals surface area contributed by atoms with E-state index in [9.17, 15) is 0 Å². The molecule has 0 spiro atoms. The molecule has 1 N–H and O–H groups in total. The molecule has 0 fully saturated rings. The molecule has 120 valence electrons. The third-order valence-electron chi connectivity index (χ3n) is 4.36. The predicted molar refractivity (Wildman–Crippen MR) is 83.5 cm³/mol. The van der Waals surface area contributed by atoms with Crippen molar-refractivity contribution in [2.24, 2.45) is 0 Å². The molecule has 0 radical (unpaired) electrons. The number of rotatable bonds is 5. The van der Waals surface area contributed by atoms with E-state index in [2.05, 4.69) is 52.9 Å². The van der Waals surface area contributed by atoms with E-state index in [1.165, 1.54) is 17.7 Å². The Bertz CT molecular complexity index is 630. The fraction of sp³-hybridized carbons (Fsp3) is 0.688. The summed E-state index contributed by atoms with van der Waals surface area (Å²) in [5.74, 6) is 1.72. The minimum Gasteiger partial charge on any atom is -0.338 e. The quantitative estimate of drug-likeness (QED) is 0.919. The van der Waals surface area contributed by atoms with Crippen molar-refractivity contribution in [3.05, 3.63) is 29.2 Å². The van der Waals surface area contributed by atoms with Gasteiger partial charge in [-0.2, -0.15) is 10.1 Å². The highest BCUT2D eigenvalue weighted by atomic mass is 16.5. The molecule has 0 aliphatic heterocycles. The van der Waals surface area contributed by atoms with Gasteiger partial charge in [-0.15, -0.1) is 0 Å². The number of hydrogen-bond acceptors (Lipinski definition) is 5. The molecule has 6 nitrogen and oxygen atoms in total. The SMILES string of the molecule is CCn1ncc2c1CCC[C@H]2N[C@@H](C)c1nc(C(C)C)no1. The van der Waals surface area contributed by atoms with Crippen LogP contribution < -0.4 is 5.32 Å². The van der Waals surface area contributed by atoms with Crippen molar-refractivity contribution in [1.82, 2.24) is 25.2 Å². The molecule has 0 unspecified atom stereocenters. The maximum absolute atomic E-state index is 5.40. The van der Waals surface area contributed by atoms with Crippen molar-refractivity contribution < 1.29 is 4.52 Å². The second kappa shape index (κ2) is 6.20. The summed E-state index contributed by atoms with van der Waals surface area (Å²) in [5, 5.41) is 12.2. The van der Waals surface area contributed by atoms with Crippen molar-refractivity contribution in [2.75, 3.05) is 0 Å². The summed E-state index contributed by atoms with van der Waals surface area (Å²) in [6, 6.07) is 0.356. The van der Waals surface area contributed by atoms with Crippen LogP contribution in [0.15, 0.2) is 10.7 Å². The van der Waals surface area contributed by atoms with E-state index in [0.29, 0.717) is 11.9 Å². The number of aryl methyl sites for hydroxylation is 1. The highest BCUT2D eigenvalue weighted by molar-refractivity contribution is 5.25. The molecule has 0 aromatic carbocycles. The van der Waals surface area contributed by atoms with Gasteiger partial charge in [0.05, 0.1) is 12.2 Å². The van der Waals surface area contributed by atoms with Gasteiger partial charge in [-0.1, -0.05) is 19.0 Å². The zero-order chi connectivity index (χ0) is 15.7. The molecule has 2 heterocycles. The maximum Gasteiger partial charge on any atom is 0.243 e. The number of hydrogen-bond donors (Lipinski definition) is 1. The second-order valence-corrected chi connectivity index (χ2v) is 6.34. The Kier molecular flexibility index (Phi) is 4.29. The van der Waals surface area contributed by atoms with E-state index in [1.54, 1.807) is 0 Å². The van der Waals surface area contributed by atoms with Crippen LogP contribution in [0.4, 0.5) is 0 Å². The molecule has 1 aliphatic carbocycles. The molecule has 0 amide bonds. The Labute approximate surface area is 131 Å².